The van der Waals surface area contributed by atoms with Gasteiger partial charge in [-0.1, -0.05) is 48.0 Å². The molecule has 4 heteroatoms. The Balaban J connectivity index is 1.48. The number of Topliss-reactive ketones (excluding diaryl/α,β-unsaturated/α-hetero) is 1. The van der Waals surface area contributed by atoms with E-state index in [1.165, 1.54) is 0 Å². The SMILES string of the molecule is O=C1/C(=C/c2c3c(-c4ccc(Cl)cc4)nn2-3)Cc2ccccc21. The van der Waals surface area contributed by atoms with Crippen LogP contribution in [0.4, 0.5) is 0 Å². The minimum absolute atomic E-state index is 0.134. The highest BCUT2D eigenvalue weighted by Gasteiger charge is 2.35. The number of rotatable bonds is 2. The van der Waals surface area contributed by atoms with Gasteiger partial charge in [0.05, 0.1) is 5.69 Å². The summed E-state index contributed by atoms with van der Waals surface area (Å²) in [4.78, 5) is 12.4. The number of hydrogen-bond acceptors (Lipinski definition) is 2. The summed E-state index contributed by atoms with van der Waals surface area (Å²) in [5, 5.41) is 5.19. The van der Waals surface area contributed by atoms with Gasteiger partial charge in [0, 0.05) is 28.1 Å². The van der Waals surface area contributed by atoms with E-state index in [2.05, 4.69) is 5.10 Å². The van der Waals surface area contributed by atoms with Crippen molar-refractivity contribution in [3.05, 3.63) is 75.9 Å². The van der Waals surface area contributed by atoms with Crippen LogP contribution in [-0.4, -0.2) is 15.6 Å². The molecule has 5 rings (SSSR count). The number of benzene rings is 2. The van der Waals surface area contributed by atoms with E-state index in [1.54, 1.807) is 0 Å². The molecule has 0 saturated carbocycles. The summed E-state index contributed by atoms with van der Waals surface area (Å²) in [6.07, 6.45) is 2.68. The molecule has 0 atom stereocenters. The summed E-state index contributed by atoms with van der Waals surface area (Å²) in [5.74, 6) is 0.134. The molecule has 3 nitrogen and oxygen atoms in total. The van der Waals surface area contributed by atoms with Crippen LogP contribution in [0.15, 0.2) is 54.1 Å². The number of aromatic nitrogens is 2. The van der Waals surface area contributed by atoms with Gasteiger partial charge < -0.3 is 0 Å². The van der Waals surface area contributed by atoms with Gasteiger partial charge in [-0.25, -0.2) is 4.68 Å². The van der Waals surface area contributed by atoms with Crippen LogP contribution in [0.3, 0.4) is 0 Å². The number of ketones is 1. The lowest BCUT2D eigenvalue weighted by molar-refractivity contribution is 0.104. The summed E-state index contributed by atoms with van der Waals surface area (Å²) in [7, 11) is 0. The van der Waals surface area contributed by atoms with Gasteiger partial charge >= 0.3 is 0 Å². The summed E-state index contributed by atoms with van der Waals surface area (Å²) in [6, 6.07) is 15.4. The average molecular weight is 319 g/mol. The second kappa shape index (κ2) is 4.43. The van der Waals surface area contributed by atoms with Gasteiger partial charge in [0.25, 0.3) is 0 Å². The normalized spacial score (nSPS) is 16.0. The van der Waals surface area contributed by atoms with Crippen molar-refractivity contribution in [1.82, 2.24) is 9.78 Å². The zero-order chi connectivity index (χ0) is 15.6. The Hall–Kier alpha value is -2.65. The van der Waals surface area contributed by atoms with Crippen molar-refractivity contribution in [3.8, 4) is 16.9 Å². The number of fused-ring (bicyclic) bond motifs is 2. The fourth-order valence-corrected chi connectivity index (χ4v) is 3.29. The quantitative estimate of drug-likeness (QED) is 0.516. The minimum Gasteiger partial charge on any atom is -0.289 e. The second-order valence-electron chi connectivity index (χ2n) is 5.83. The Morgan fingerprint density at radius 3 is 2.65 bits per heavy atom. The lowest BCUT2D eigenvalue weighted by Gasteiger charge is -2.03. The number of hydrogen-bond donors (Lipinski definition) is 0. The van der Waals surface area contributed by atoms with Crippen molar-refractivity contribution in [2.45, 2.75) is 6.42 Å². The molecule has 3 aliphatic rings. The molecule has 1 aliphatic carbocycles. The summed E-state index contributed by atoms with van der Waals surface area (Å²) >= 11 is 5.92. The van der Waals surface area contributed by atoms with Crippen molar-refractivity contribution in [1.29, 1.82) is 0 Å². The fourth-order valence-electron chi connectivity index (χ4n) is 3.16. The molecular weight excluding hydrogens is 308 g/mol. The highest BCUT2D eigenvalue weighted by Crippen LogP contribution is 2.43. The third-order valence-corrected chi connectivity index (χ3v) is 4.67. The molecule has 2 heterocycles. The summed E-state index contributed by atoms with van der Waals surface area (Å²) < 4.78 is 1.88. The van der Waals surface area contributed by atoms with E-state index in [9.17, 15) is 4.79 Å². The average Bonchev–Trinajstić information content (AvgIpc) is 2.95. The van der Waals surface area contributed by atoms with Crippen molar-refractivity contribution < 1.29 is 4.79 Å². The topological polar surface area (TPSA) is 34.9 Å². The molecule has 0 bridgehead atoms. The first-order chi connectivity index (χ1) is 11.2. The smallest absolute Gasteiger partial charge is 0.189 e. The van der Waals surface area contributed by atoms with Crippen LogP contribution in [0, 0.1) is 0 Å². The molecule has 0 aromatic heterocycles. The van der Waals surface area contributed by atoms with Gasteiger partial charge in [0.2, 0.25) is 0 Å². The van der Waals surface area contributed by atoms with Crippen LogP contribution in [-0.2, 0) is 6.42 Å². The van der Waals surface area contributed by atoms with Gasteiger partial charge in [-0.05, 0) is 23.8 Å². The molecule has 0 saturated heterocycles. The fraction of sp³-hybridized carbons (Fsp3) is 0.0526. The summed E-state index contributed by atoms with van der Waals surface area (Å²) in [6.45, 7) is 0. The first kappa shape index (κ1) is 12.9. The van der Waals surface area contributed by atoms with Crippen molar-refractivity contribution in [3.63, 3.8) is 0 Å². The molecule has 2 aliphatic heterocycles. The zero-order valence-corrected chi connectivity index (χ0v) is 12.8. The van der Waals surface area contributed by atoms with Gasteiger partial charge in [-0.15, -0.1) is 0 Å². The molecular formula is C19H11ClN2O. The maximum absolute atomic E-state index is 12.4. The number of carbonyl (C=O) groups is 1. The molecule has 2 aromatic carbocycles. The van der Waals surface area contributed by atoms with E-state index in [0.717, 1.165) is 39.3 Å². The lowest BCUT2D eigenvalue weighted by atomic mass is 10.1. The highest BCUT2D eigenvalue weighted by atomic mass is 35.5. The molecule has 0 N–H and O–H groups in total. The van der Waals surface area contributed by atoms with Crippen molar-refractivity contribution >= 4 is 23.5 Å². The number of carbonyl (C=O) groups excluding carboxylic acids is 1. The lowest BCUT2D eigenvalue weighted by Crippen LogP contribution is -1.96. The molecule has 0 spiro atoms. The second-order valence-corrected chi connectivity index (χ2v) is 6.27. The molecule has 0 amide bonds. The molecule has 0 fully saturated rings. The molecule has 0 radical (unpaired) electrons. The van der Waals surface area contributed by atoms with E-state index >= 15 is 0 Å². The third kappa shape index (κ3) is 1.83. The first-order valence-electron chi connectivity index (χ1n) is 7.45. The van der Waals surface area contributed by atoms with Gasteiger partial charge in [0.15, 0.2) is 5.78 Å². The number of nitrogens with zero attached hydrogens (tertiary/aromatic N) is 2. The van der Waals surface area contributed by atoms with Crippen LogP contribution < -0.4 is 0 Å². The van der Waals surface area contributed by atoms with Crippen LogP contribution >= 0.6 is 11.6 Å². The van der Waals surface area contributed by atoms with Gasteiger partial charge in [0.1, 0.15) is 11.4 Å². The molecule has 23 heavy (non-hydrogen) atoms. The summed E-state index contributed by atoms with van der Waals surface area (Å²) in [5.41, 5.74) is 6.94. The Labute approximate surface area is 137 Å². The Morgan fingerprint density at radius 1 is 1.09 bits per heavy atom. The van der Waals surface area contributed by atoms with E-state index in [-0.39, 0.29) is 5.78 Å². The van der Waals surface area contributed by atoms with Gasteiger partial charge in [-0.3, -0.25) is 4.79 Å². The van der Waals surface area contributed by atoms with E-state index in [0.29, 0.717) is 11.4 Å². The zero-order valence-electron chi connectivity index (χ0n) is 12.1. The third-order valence-electron chi connectivity index (χ3n) is 4.42. The predicted molar refractivity (Wildman–Crippen MR) is 90.0 cm³/mol. The molecule has 110 valence electrons. The minimum atomic E-state index is 0.134. The van der Waals surface area contributed by atoms with Gasteiger partial charge in [-0.2, -0.15) is 5.10 Å². The van der Waals surface area contributed by atoms with Crippen LogP contribution in [0.1, 0.15) is 21.6 Å². The number of allylic oxidation sites excluding steroid dienone is 1. The Morgan fingerprint density at radius 2 is 1.87 bits per heavy atom. The van der Waals surface area contributed by atoms with Crippen molar-refractivity contribution in [2.24, 2.45) is 0 Å². The van der Waals surface area contributed by atoms with Crippen molar-refractivity contribution in [2.75, 3.05) is 0 Å². The van der Waals surface area contributed by atoms with Crippen LogP contribution in [0.5, 0.6) is 0 Å². The van der Waals surface area contributed by atoms with E-state index in [1.807, 2.05) is 59.3 Å². The molecule has 2 aromatic rings. The van der Waals surface area contributed by atoms with E-state index in [4.69, 9.17) is 11.6 Å². The Bertz CT molecular complexity index is 1010. The standard InChI is InChI=1S/C19H11ClN2O/c20-14-7-5-11(6-8-14)17-18-16(22(18)21-17)10-13-9-12-3-1-2-4-15(12)19(13)23/h1-8,10H,9H2/b13-10+. The Kier molecular flexibility index (Phi) is 2.48. The maximum atomic E-state index is 12.4. The monoisotopic (exact) mass is 318 g/mol. The first-order valence-corrected chi connectivity index (χ1v) is 7.83. The molecule has 0 unspecified atom stereocenters. The van der Waals surface area contributed by atoms with E-state index < -0.39 is 0 Å². The predicted octanol–water partition coefficient (Wildman–Crippen LogP) is 4.33. The largest absolute Gasteiger partial charge is 0.289 e. The highest BCUT2D eigenvalue weighted by molar-refractivity contribution is 6.30. The van der Waals surface area contributed by atoms with Crippen LogP contribution in [0.2, 0.25) is 5.02 Å². The maximum Gasteiger partial charge on any atom is 0.189 e. The van der Waals surface area contributed by atoms with Crippen LogP contribution in [0.25, 0.3) is 23.0 Å². The number of halogens is 1.